The van der Waals surface area contributed by atoms with Crippen molar-refractivity contribution in [2.45, 2.75) is 92.1 Å². The molecule has 4 nitrogen and oxygen atoms in total. The maximum Gasteiger partial charge on any atom is 0.330 e. The molecule has 32 heavy (non-hydrogen) atoms. The zero-order chi connectivity index (χ0) is 23.1. The van der Waals surface area contributed by atoms with E-state index in [2.05, 4.69) is 26.8 Å². The molecule has 178 valence electrons. The summed E-state index contributed by atoms with van der Waals surface area (Å²) in [6.45, 7) is 11.2. The van der Waals surface area contributed by atoms with E-state index in [9.17, 15) is 9.59 Å². The van der Waals surface area contributed by atoms with Crippen LogP contribution in [0.3, 0.4) is 0 Å². The molecule has 4 aliphatic rings. The Morgan fingerprint density at radius 1 is 1.12 bits per heavy atom. The van der Waals surface area contributed by atoms with E-state index in [0.29, 0.717) is 47.0 Å². The molecule has 0 amide bonds. The van der Waals surface area contributed by atoms with Gasteiger partial charge < -0.3 is 9.47 Å². The average Bonchev–Trinajstić information content (AvgIpc) is 3.09. The van der Waals surface area contributed by atoms with E-state index in [1.807, 2.05) is 6.92 Å². The predicted molar refractivity (Wildman–Crippen MR) is 126 cm³/mol. The molecule has 0 bridgehead atoms. The lowest BCUT2D eigenvalue weighted by Crippen LogP contribution is -2.50. The van der Waals surface area contributed by atoms with E-state index < -0.39 is 0 Å². The smallest absolute Gasteiger partial charge is 0.330 e. The van der Waals surface area contributed by atoms with Crippen LogP contribution in [-0.4, -0.2) is 24.6 Å². The Kier molecular flexibility index (Phi) is 6.62. The third-order valence-corrected chi connectivity index (χ3v) is 9.92. The van der Waals surface area contributed by atoms with E-state index in [-0.39, 0.29) is 18.0 Å². The van der Waals surface area contributed by atoms with Crippen molar-refractivity contribution in [1.82, 2.24) is 0 Å². The highest BCUT2D eigenvalue weighted by Crippen LogP contribution is 2.66. The minimum absolute atomic E-state index is 0.108. The summed E-state index contributed by atoms with van der Waals surface area (Å²) in [5.74, 6) is 2.62. The molecule has 0 spiro atoms. The SMILES string of the molecule is C/C=C/C(=O)OC[C@@H](C)C1CCC2C3=CCC4C[C@@H](OC(C)=O)CC[C@]4(C)C3CC[C@@]21C. The van der Waals surface area contributed by atoms with E-state index in [1.165, 1.54) is 45.1 Å². The van der Waals surface area contributed by atoms with E-state index >= 15 is 0 Å². The molecule has 4 heteroatoms. The van der Waals surface area contributed by atoms with Crippen molar-refractivity contribution in [3.63, 3.8) is 0 Å². The van der Waals surface area contributed by atoms with Gasteiger partial charge in [0.05, 0.1) is 6.61 Å². The van der Waals surface area contributed by atoms with Crippen LogP contribution in [0.5, 0.6) is 0 Å². The van der Waals surface area contributed by atoms with E-state index in [1.54, 1.807) is 11.6 Å². The number of ether oxygens (including phenoxy) is 2. The summed E-state index contributed by atoms with van der Waals surface area (Å²) in [7, 11) is 0. The first-order chi connectivity index (χ1) is 15.2. The second-order valence-corrected chi connectivity index (χ2v) is 11.6. The highest BCUT2D eigenvalue weighted by molar-refractivity contribution is 5.81. The lowest BCUT2D eigenvalue weighted by molar-refractivity contribution is -0.152. The van der Waals surface area contributed by atoms with E-state index in [0.717, 1.165) is 19.3 Å². The summed E-state index contributed by atoms with van der Waals surface area (Å²) >= 11 is 0. The summed E-state index contributed by atoms with van der Waals surface area (Å²) in [4.78, 5) is 23.3. The van der Waals surface area contributed by atoms with Gasteiger partial charge in [-0.05, 0) is 98.7 Å². The molecule has 0 aromatic rings. The lowest BCUT2D eigenvalue weighted by Gasteiger charge is -2.58. The molecule has 3 saturated carbocycles. The number of allylic oxidation sites excluding steroid dienone is 3. The predicted octanol–water partition coefficient (Wildman–Crippen LogP) is 6.25. The Bertz CT molecular complexity index is 797. The summed E-state index contributed by atoms with van der Waals surface area (Å²) in [6.07, 6.45) is 15.3. The van der Waals surface area contributed by atoms with E-state index in [4.69, 9.17) is 9.47 Å². The first kappa shape index (κ1) is 23.6. The number of hydrogen-bond acceptors (Lipinski definition) is 4. The Morgan fingerprint density at radius 2 is 1.84 bits per heavy atom. The number of hydrogen-bond donors (Lipinski definition) is 0. The maximum atomic E-state index is 11.8. The monoisotopic (exact) mass is 442 g/mol. The van der Waals surface area contributed by atoms with Crippen molar-refractivity contribution >= 4 is 11.9 Å². The highest BCUT2D eigenvalue weighted by atomic mass is 16.5. The molecule has 0 N–H and O–H groups in total. The molecular formula is C28H42O4. The second kappa shape index (κ2) is 8.99. The normalized spacial score (nSPS) is 41.8. The van der Waals surface area contributed by atoms with Gasteiger partial charge in [0.2, 0.25) is 0 Å². The van der Waals surface area contributed by atoms with Crippen LogP contribution >= 0.6 is 0 Å². The zero-order valence-corrected chi connectivity index (χ0v) is 20.7. The van der Waals surface area contributed by atoms with Gasteiger partial charge >= 0.3 is 11.9 Å². The number of esters is 2. The van der Waals surface area contributed by atoms with Crippen LogP contribution in [0.15, 0.2) is 23.8 Å². The summed E-state index contributed by atoms with van der Waals surface area (Å²) in [6, 6.07) is 0. The van der Waals surface area contributed by atoms with Crippen molar-refractivity contribution in [3.05, 3.63) is 23.8 Å². The Morgan fingerprint density at radius 3 is 2.56 bits per heavy atom. The van der Waals surface area contributed by atoms with Gasteiger partial charge in [-0.2, -0.15) is 0 Å². The minimum Gasteiger partial charge on any atom is -0.463 e. The molecule has 3 fully saturated rings. The molecule has 0 aromatic carbocycles. The fraction of sp³-hybridized carbons (Fsp3) is 0.786. The van der Waals surface area contributed by atoms with Crippen molar-refractivity contribution in [2.75, 3.05) is 6.61 Å². The zero-order valence-electron chi connectivity index (χ0n) is 20.7. The fourth-order valence-electron chi connectivity index (χ4n) is 8.30. The van der Waals surface area contributed by atoms with Gasteiger partial charge in [-0.25, -0.2) is 4.79 Å². The van der Waals surface area contributed by atoms with Crippen molar-refractivity contribution in [1.29, 1.82) is 0 Å². The summed E-state index contributed by atoms with van der Waals surface area (Å²) < 4.78 is 11.1. The van der Waals surface area contributed by atoms with Gasteiger partial charge in [-0.1, -0.05) is 38.5 Å². The molecule has 8 atom stereocenters. The van der Waals surface area contributed by atoms with Crippen LogP contribution in [0.25, 0.3) is 0 Å². The molecular weight excluding hydrogens is 400 g/mol. The van der Waals surface area contributed by atoms with Crippen molar-refractivity contribution < 1.29 is 19.1 Å². The Labute approximate surface area is 194 Å². The molecule has 4 rings (SSSR count). The van der Waals surface area contributed by atoms with Gasteiger partial charge in [0.25, 0.3) is 0 Å². The van der Waals surface area contributed by atoms with Crippen LogP contribution in [0.4, 0.5) is 0 Å². The average molecular weight is 443 g/mol. The number of rotatable bonds is 5. The molecule has 4 unspecified atom stereocenters. The molecule has 4 aliphatic carbocycles. The molecule has 0 aromatic heterocycles. The first-order valence-corrected chi connectivity index (χ1v) is 12.9. The standard InChI is InChI=1S/C28H42O4/c1-6-7-26(30)31-17-18(2)23-10-11-24-22-9-8-20-16-21(32-19(3)29)12-14-27(20,4)25(22)13-15-28(23,24)5/h6-7,9,18,20-21,23-25H,8,10-17H2,1-5H3/b7-6+/t18-,20?,21+,23?,24?,25?,27+,28-/m1/s1. The Hall–Kier alpha value is -1.58. The highest BCUT2D eigenvalue weighted by Gasteiger charge is 2.58. The topological polar surface area (TPSA) is 52.6 Å². The van der Waals surface area contributed by atoms with Gasteiger partial charge in [-0.15, -0.1) is 0 Å². The van der Waals surface area contributed by atoms with Gasteiger partial charge in [0.15, 0.2) is 0 Å². The largest absolute Gasteiger partial charge is 0.463 e. The third-order valence-electron chi connectivity index (χ3n) is 9.92. The van der Waals surface area contributed by atoms with Crippen molar-refractivity contribution in [2.24, 2.45) is 40.4 Å². The fourth-order valence-corrected chi connectivity index (χ4v) is 8.30. The first-order valence-electron chi connectivity index (χ1n) is 12.9. The molecule has 0 saturated heterocycles. The van der Waals surface area contributed by atoms with Crippen LogP contribution in [0.1, 0.15) is 86.0 Å². The molecule has 0 aliphatic heterocycles. The van der Waals surface area contributed by atoms with Gasteiger partial charge in [0, 0.05) is 13.0 Å². The number of carbonyl (C=O) groups excluding carboxylic acids is 2. The quantitative estimate of drug-likeness (QED) is 0.287. The van der Waals surface area contributed by atoms with Crippen LogP contribution in [-0.2, 0) is 19.1 Å². The number of carbonyl (C=O) groups is 2. The van der Waals surface area contributed by atoms with Crippen molar-refractivity contribution in [3.8, 4) is 0 Å². The molecule has 0 radical (unpaired) electrons. The second-order valence-electron chi connectivity index (χ2n) is 11.6. The van der Waals surface area contributed by atoms with Gasteiger partial charge in [-0.3, -0.25) is 4.79 Å². The molecule has 0 heterocycles. The lowest BCUT2D eigenvalue weighted by atomic mass is 9.47. The summed E-state index contributed by atoms with van der Waals surface area (Å²) in [5.41, 5.74) is 2.39. The van der Waals surface area contributed by atoms with Gasteiger partial charge in [0.1, 0.15) is 6.10 Å². The van der Waals surface area contributed by atoms with Crippen LogP contribution in [0.2, 0.25) is 0 Å². The van der Waals surface area contributed by atoms with Crippen LogP contribution in [0, 0.1) is 40.4 Å². The third kappa shape index (κ3) is 4.07. The summed E-state index contributed by atoms with van der Waals surface area (Å²) in [5, 5.41) is 0. The number of fused-ring (bicyclic) bond motifs is 5. The Balaban J connectivity index is 1.48. The minimum atomic E-state index is -0.221. The maximum absolute atomic E-state index is 11.8. The van der Waals surface area contributed by atoms with Crippen LogP contribution < -0.4 is 0 Å².